The Hall–Kier alpha value is -1.52. The molecule has 1 aliphatic rings. The second-order valence-corrected chi connectivity index (χ2v) is 5.55. The normalized spacial score (nSPS) is 16.7. The van der Waals surface area contributed by atoms with Crippen molar-refractivity contribution < 1.29 is 4.74 Å². The van der Waals surface area contributed by atoms with Gasteiger partial charge in [0.2, 0.25) is 0 Å². The van der Waals surface area contributed by atoms with Gasteiger partial charge < -0.3 is 19.9 Å². The number of aromatic nitrogens is 1. The van der Waals surface area contributed by atoms with Crippen molar-refractivity contribution in [2.24, 2.45) is 0 Å². The summed E-state index contributed by atoms with van der Waals surface area (Å²) in [5.74, 6) is 1.01. The lowest BCUT2D eigenvalue weighted by atomic mass is 10.1. The minimum absolute atomic E-state index is 1.01. The number of aryl methyl sites for hydroxylation is 1. The molecule has 0 spiro atoms. The molecule has 4 heteroatoms. The molecule has 0 unspecified atom stereocenters. The van der Waals surface area contributed by atoms with Crippen molar-refractivity contribution in [1.82, 2.24) is 15.2 Å². The molecule has 2 aromatic rings. The summed E-state index contributed by atoms with van der Waals surface area (Å²) in [5.41, 5.74) is 3.69. The Balaban J connectivity index is 1.78. The maximum Gasteiger partial charge on any atom is 0.122 e. The highest BCUT2D eigenvalue weighted by Gasteiger charge is 2.12. The Morgan fingerprint density at radius 1 is 1.20 bits per heavy atom. The lowest BCUT2D eigenvalue weighted by Gasteiger charge is -2.27. The predicted molar refractivity (Wildman–Crippen MR) is 82.6 cm³/mol. The Morgan fingerprint density at radius 2 is 2.00 bits per heavy atom. The van der Waals surface area contributed by atoms with Crippen LogP contribution in [0.2, 0.25) is 0 Å². The molecule has 108 valence electrons. The average Bonchev–Trinajstić information content (AvgIpc) is 2.84. The van der Waals surface area contributed by atoms with E-state index in [1.54, 1.807) is 7.11 Å². The van der Waals surface area contributed by atoms with Gasteiger partial charge in [0, 0.05) is 49.3 Å². The number of fused-ring (bicyclic) bond motifs is 1. The summed E-state index contributed by atoms with van der Waals surface area (Å²) in [5, 5.41) is 4.62. The van der Waals surface area contributed by atoms with Crippen LogP contribution in [0, 0.1) is 6.92 Å². The number of piperazine rings is 1. The number of nitrogens with one attached hydrogen (secondary N) is 2. The largest absolute Gasteiger partial charge is 0.496 e. The molecule has 1 aromatic carbocycles. The van der Waals surface area contributed by atoms with Crippen LogP contribution in [-0.4, -0.2) is 49.7 Å². The summed E-state index contributed by atoms with van der Waals surface area (Å²) in [6.07, 6.45) is 1.04. The molecular formula is C16H23N3O. The summed E-state index contributed by atoms with van der Waals surface area (Å²) in [6, 6.07) is 6.55. The highest BCUT2D eigenvalue weighted by molar-refractivity contribution is 5.83. The molecule has 3 rings (SSSR count). The number of hydrogen-bond donors (Lipinski definition) is 2. The number of methoxy groups -OCH3 is 1. The second-order valence-electron chi connectivity index (χ2n) is 5.55. The van der Waals surface area contributed by atoms with Gasteiger partial charge >= 0.3 is 0 Å². The first-order valence-electron chi connectivity index (χ1n) is 7.35. The van der Waals surface area contributed by atoms with Crippen molar-refractivity contribution >= 4 is 10.9 Å². The molecule has 1 fully saturated rings. The van der Waals surface area contributed by atoms with Crippen molar-refractivity contribution in [1.29, 1.82) is 0 Å². The van der Waals surface area contributed by atoms with Crippen molar-refractivity contribution in [3.63, 3.8) is 0 Å². The van der Waals surface area contributed by atoms with Crippen LogP contribution in [0.15, 0.2) is 18.2 Å². The van der Waals surface area contributed by atoms with Gasteiger partial charge in [-0.15, -0.1) is 0 Å². The van der Waals surface area contributed by atoms with Gasteiger partial charge in [0.1, 0.15) is 5.75 Å². The molecule has 1 aromatic heterocycles. The first kappa shape index (κ1) is 13.5. The summed E-state index contributed by atoms with van der Waals surface area (Å²) < 4.78 is 5.56. The van der Waals surface area contributed by atoms with E-state index in [0.29, 0.717) is 0 Å². The predicted octanol–water partition coefficient (Wildman–Crippen LogP) is 1.93. The quantitative estimate of drug-likeness (QED) is 0.894. The second kappa shape index (κ2) is 5.85. The minimum atomic E-state index is 1.01. The molecule has 0 amide bonds. The minimum Gasteiger partial charge on any atom is -0.496 e. The fourth-order valence-corrected chi connectivity index (χ4v) is 2.95. The molecule has 2 heterocycles. The van der Waals surface area contributed by atoms with Crippen molar-refractivity contribution in [2.75, 3.05) is 39.8 Å². The average molecular weight is 273 g/mol. The van der Waals surface area contributed by atoms with Crippen LogP contribution in [0.25, 0.3) is 10.9 Å². The van der Waals surface area contributed by atoms with Crippen molar-refractivity contribution in [3.05, 3.63) is 29.5 Å². The maximum absolute atomic E-state index is 5.56. The number of nitrogens with zero attached hydrogens (tertiary/aromatic N) is 1. The smallest absolute Gasteiger partial charge is 0.122 e. The molecule has 20 heavy (non-hydrogen) atoms. The highest BCUT2D eigenvalue weighted by Crippen LogP contribution is 2.27. The number of hydrogen-bond acceptors (Lipinski definition) is 3. The Kier molecular flexibility index (Phi) is 3.94. The topological polar surface area (TPSA) is 40.3 Å². The van der Waals surface area contributed by atoms with Gasteiger partial charge in [-0.3, -0.25) is 0 Å². The molecule has 2 N–H and O–H groups in total. The van der Waals surface area contributed by atoms with Gasteiger partial charge in [0.15, 0.2) is 0 Å². The van der Waals surface area contributed by atoms with Gasteiger partial charge in [-0.25, -0.2) is 0 Å². The fraction of sp³-hybridized carbons (Fsp3) is 0.500. The zero-order valence-corrected chi connectivity index (χ0v) is 12.3. The Labute approximate surface area is 120 Å². The molecule has 1 saturated heterocycles. The first-order valence-corrected chi connectivity index (χ1v) is 7.35. The zero-order chi connectivity index (χ0) is 13.9. The summed E-state index contributed by atoms with van der Waals surface area (Å²) in [6.45, 7) is 7.69. The lowest BCUT2D eigenvalue weighted by molar-refractivity contribution is 0.243. The van der Waals surface area contributed by atoms with E-state index in [-0.39, 0.29) is 0 Å². The lowest BCUT2D eigenvalue weighted by Crippen LogP contribution is -2.44. The van der Waals surface area contributed by atoms with E-state index in [1.807, 2.05) is 0 Å². The van der Waals surface area contributed by atoms with Crippen LogP contribution in [0.4, 0.5) is 0 Å². The van der Waals surface area contributed by atoms with E-state index in [2.05, 4.69) is 40.3 Å². The third-order valence-electron chi connectivity index (χ3n) is 4.06. The van der Waals surface area contributed by atoms with E-state index in [4.69, 9.17) is 4.74 Å². The Bertz CT molecular complexity index is 585. The molecule has 0 radical (unpaired) electrons. The molecule has 4 nitrogen and oxygen atoms in total. The van der Waals surface area contributed by atoms with Gasteiger partial charge in [-0.05, 0) is 37.1 Å². The molecular weight excluding hydrogens is 250 g/mol. The molecule has 0 saturated carbocycles. The summed E-state index contributed by atoms with van der Waals surface area (Å²) >= 11 is 0. The highest BCUT2D eigenvalue weighted by atomic mass is 16.5. The van der Waals surface area contributed by atoms with Crippen molar-refractivity contribution in [3.8, 4) is 5.75 Å². The van der Waals surface area contributed by atoms with E-state index >= 15 is 0 Å². The van der Waals surface area contributed by atoms with Crippen LogP contribution in [0.1, 0.15) is 11.3 Å². The van der Waals surface area contributed by atoms with Crippen LogP contribution in [0.5, 0.6) is 5.75 Å². The van der Waals surface area contributed by atoms with Gasteiger partial charge in [-0.2, -0.15) is 0 Å². The third-order valence-corrected chi connectivity index (χ3v) is 4.06. The molecule has 0 bridgehead atoms. The van der Waals surface area contributed by atoms with E-state index in [9.17, 15) is 0 Å². The number of benzene rings is 1. The van der Waals surface area contributed by atoms with E-state index in [0.717, 1.165) is 44.9 Å². The summed E-state index contributed by atoms with van der Waals surface area (Å²) in [7, 11) is 1.76. The number of ether oxygens (including phenoxy) is 1. The number of rotatable bonds is 4. The Morgan fingerprint density at radius 3 is 2.75 bits per heavy atom. The van der Waals surface area contributed by atoms with Crippen LogP contribution < -0.4 is 10.1 Å². The van der Waals surface area contributed by atoms with Crippen molar-refractivity contribution in [2.45, 2.75) is 13.3 Å². The van der Waals surface area contributed by atoms with Gasteiger partial charge in [0.25, 0.3) is 0 Å². The number of aromatic amines is 1. The van der Waals surface area contributed by atoms with Gasteiger partial charge in [-0.1, -0.05) is 0 Å². The van der Waals surface area contributed by atoms with Crippen LogP contribution in [0.3, 0.4) is 0 Å². The maximum atomic E-state index is 5.56. The molecule has 0 aliphatic carbocycles. The van der Waals surface area contributed by atoms with Crippen LogP contribution in [-0.2, 0) is 6.42 Å². The molecule has 0 atom stereocenters. The summed E-state index contributed by atoms with van der Waals surface area (Å²) in [4.78, 5) is 5.92. The van der Waals surface area contributed by atoms with Gasteiger partial charge in [0.05, 0.1) is 7.11 Å². The SMILES string of the molecule is COc1cc2cc(C)[nH]c2cc1CCN1CCNCC1. The van der Waals surface area contributed by atoms with E-state index in [1.165, 1.54) is 22.2 Å². The molecule has 1 aliphatic heterocycles. The third kappa shape index (κ3) is 2.81. The standard InChI is InChI=1S/C16H23N3O/c1-12-9-14-11-16(20-2)13(10-15(14)18-12)3-6-19-7-4-17-5-8-19/h9-11,17-18H,3-8H2,1-2H3. The number of H-pyrrole nitrogens is 1. The van der Waals surface area contributed by atoms with E-state index < -0.39 is 0 Å². The zero-order valence-electron chi connectivity index (χ0n) is 12.3. The monoisotopic (exact) mass is 273 g/mol. The first-order chi connectivity index (χ1) is 9.76. The fourth-order valence-electron chi connectivity index (χ4n) is 2.95. The van der Waals surface area contributed by atoms with Crippen LogP contribution >= 0.6 is 0 Å².